The summed E-state index contributed by atoms with van der Waals surface area (Å²) in [5, 5.41) is 12.2. The number of carboxylic acid groups (broad SMARTS) is 1. The lowest BCUT2D eigenvalue weighted by atomic mass is 9.94. The second-order valence-corrected chi connectivity index (χ2v) is 5.41. The second-order valence-electron chi connectivity index (χ2n) is 5.41. The van der Waals surface area contributed by atoms with Crippen LogP contribution < -0.4 is 5.32 Å². The Morgan fingerprint density at radius 3 is 2.86 bits per heavy atom. The zero-order chi connectivity index (χ0) is 15.4. The minimum atomic E-state index is -0.881. The van der Waals surface area contributed by atoms with Gasteiger partial charge < -0.3 is 15.3 Å². The number of hydrogen-bond donors (Lipinski definition) is 2. The largest absolute Gasteiger partial charge is 0.481 e. The van der Waals surface area contributed by atoms with E-state index in [1.165, 1.54) is 0 Å². The summed E-state index contributed by atoms with van der Waals surface area (Å²) < 4.78 is 0. The predicted octanol–water partition coefficient (Wildman–Crippen LogP) is 1.66. The van der Waals surface area contributed by atoms with Crippen LogP contribution in [-0.2, 0) is 17.8 Å². The summed E-state index contributed by atoms with van der Waals surface area (Å²) in [6.07, 6.45) is 0.804. The Bertz CT molecular complexity index is 542. The van der Waals surface area contributed by atoms with Crippen molar-refractivity contribution in [3.63, 3.8) is 0 Å². The van der Waals surface area contributed by atoms with E-state index in [1.807, 2.05) is 25.1 Å². The SMILES string of the molecule is CCN(C(=O)c1cccc2c1CCNC2)C(C)CC(=O)O. The summed E-state index contributed by atoms with van der Waals surface area (Å²) in [6.45, 7) is 5.83. The quantitative estimate of drug-likeness (QED) is 0.865. The molecule has 5 heteroatoms. The van der Waals surface area contributed by atoms with Gasteiger partial charge in [-0.05, 0) is 44.0 Å². The Hall–Kier alpha value is -1.88. The molecule has 1 amide bonds. The number of carbonyl (C=O) groups is 2. The molecule has 1 unspecified atom stereocenters. The first-order valence-electron chi connectivity index (χ1n) is 7.38. The standard InChI is InChI=1S/C16H22N2O3/c1-3-18(11(2)9-15(19)20)16(21)14-6-4-5-12-10-17-8-7-13(12)14/h4-6,11,17H,3,7-10H2,1-2H3,(H,19,20). The minimum absolute atomic E-state index is 0.0316. The van der Waals surface area contributed by atoms with Crippen LogP contribution in [0, 0.1) is 0 Å². The molecule has 0 aliphatic carbocycles. The van der Waals surface area contributed by atoms with Crippen LogP contribution in [0.5, 0.6) is 0 Å². The molecule has 1 aliphatic heterocycles. The fraction of sp³-hybridized carbons (Fsp3) is 0.500. The highest BCUT2D eigenvalue weighted by Gasteiger charge is 2.25. The number of carboxylic acids is 1. The zero-order valence-electron chi connectivity index (χ0n) is 12.6. The number of aliphatic carboxylic acids is 1. The van der Waals surface area contributed by atoms with Crippen LogP contribution in [0.2, 0.25) is 0 Å². The molecular formula is C16H22N2O3. The molecule has 1 aliphatic rings. The summed E-state index contributed by atoms with van der Waals surface area (Å²) in [4.78, 5) is 25.3. The maximum absolute atomic E-state index is 12.8. The number of nitrogens with zero attached hydrogens (tertiary/aromatic N) is 1. The summed E-state index contributed by atoms with van der Waals surface area (Å²) in [5.41, 5.74) is 2.98. The average Bonchev–Trinajstić information content (AvgIpc) is 2.46. The maximum atomic E-state index is 12.8. The summed E-state index contributed by atoms with van der Waals surface area (Å²) in [5.74, 6) is -0.946. The van der Waals surface area contributed by atoms with E-state index in [2.05, 4.69) is 5.32 Å². The van der Waals surface area contributed by atoms with E-state index in [1.54, 1.807) is 11.8 Å². The summed E-state index contributed by atoms with van der Waals surface area (Å²) >= 11 is 0. The molecule has 114 valence electrons. The molecule has 2 N–H and O–H groups in total. The molecule has 0 spiro atoms. The van der Waals surface area contributed by atoms with Gasteiger partial charge in [0.05, 0.1) is 6.42 Å². The average molecular weight is 290 g/mol. The maximum Gasteiger partial charge on any atom is 0.305 e. The molecule has 1 aromatic carbocycles. The van der Waals surface area contributed by atoms with E-state index in [0.717, 1.165) is 30.6 Å². The van der Waals surface area contributed by atoms with Gasteiger partial charge in [-0.15, -0.1) is 0 Å². The molecule has 0 bridgehead atoms. The van der Waals surface area contributed by atoms with Crippen LogP contribution >= 0.6 is 0 Å². The number of fused-ring (bicyclic) bond motifs is 1. The lowest BCUT2D eigenvalue weighted by molar-refractivity contribution is -0.138. The number of benzene rings is 1. The van der Waals surface area contributed by atoms with Gasteiger partial charge in [0.15, 0.2) is 0 Å². The van der Waals surface area contributed by atoms with Crippen LogP contribution in [0.25, 0.3) is 0 Å². The molecular weight excluding hydrogens is 268 g/mol. The van der Waals surface area contributed by atoms with Crippen molar-refractivity contribution >= 4 is 11.9 Å². The van der Waals surface area contributed by atoms with E-state index < -0.39 is 5.97 Å². The highest BCUT2D eigenvalue weighted by molar-refractivity contribution is 5.96. The number of nitrogens with one attached hydrogen (secondary N) is 1. The smallest absolute Gasteiger partial charge is 0.305 e. The molecule has 21 heavy (non-hydrogen) atoms. The van der Waals surface area contributed by atoms with Crippen LogP contribution in [0.4, 0.5) is 0 Å². The van der Waals surface area contributed by atoms with E-state index in [9.17, 15) is 9.59 Å². The normalized spacial score (nSPS) is 15.1. The third-order valence-electron chi connectivity index (χ3n) is 3.97. The monoisotopic (exact) mass is 290 g/mol. The van der Waals surface area contributed by atoms with E-state index in [0.29, 0.717) is 12.1 Å². The van der Waals surface area contributed by atoms with Gasteiger partial charge in [0.2, 0.25) is 0 Å². The van der Waals surface area contributed by atoms with Crippen molar-refractivity contribution in [2.45, 2.75) is 39.3 Å². The molecule has 0 aromatic heterocycles. The van der Waals surface area contributed by atoms with Crippen molar-refractivity contribution < 1.29 is 14.7 Å². The number of hydrogen-bond acceptors (Lipinski definition) is 3. The molecule has 1 heterocycles. The minimum Gasteiger partial charge on any atom is -0.481 e. The van der Waals surface area contributed by atoms with Crippen LogP contribution in [0.1, 0.15) is 41.8 Å². The lowest BCUT2D eigenvalue weighted by Gasteiger charge is -2.29. The van der Waals surface area contributed by atoms with Gasteiger partial charge in [-0.25, -0.2) is 0 Å². The first-order valence-corrected chi connectivity index (χ1v) is 7.38. The number of rotatable bonds is 5. The molecule has 2 rings (SSSR count). The molecule has 1 aromatic rings. The fourth-order valence-electron chi connectivity index (χ4n) is 2.91. The summed E-state index contributed by atoms with van der Waals surface area (Å²) in [7, 11) is 0. The van der Waals surface area contributed by atoms with Crippen molar-refractivity contribution in [3.05, 3.63) is 34.9 Å². The zero-order valence-corrected chi connectivity index (χ0v) is 12.6. The van der Waals surface area contributed by atoms with Gasteiger partial charge in [-0.1, -0.05) is 12.1 Å². The van der Waals surface area contributed by atoms with Crippen molar-refractivity contribution in [1.82, 2.24) is 10.2 Å². The third kappa shape index (κ3) is 3.42. The van der Waals surface area contributed by atoms with Gasteiger partial charge in [0, 0.05) is 24.7 Å². The van der Waals surface area contributed by atoms with Crippen molar-refractivity contribution in [2.75, 3.05) is 13.1 Å². The number of carbonyl (C=O) groups excluding carboxylic acids is 1. The van der Waals surface area contributed by atoms with E-state index in [-0.39, 0.29) is 18.4 Å². The van der Waals surface area contributed by atoms with E-state index >= 15 is 0 Å². The van der Waals surface area contributed by atoms with Crippen LogP contribution in [0.3, 0.4) is 0 Å². The summed E-state index contributed by atoms with van der Waals surface area (Å²) in [6, 6.07) is 5.48. The molecule has 0 saturated heterocycles. The molecule has 5 nitrogen and oxygen atoms in total. The highest BCUT2D eigenvalue weighted by Crippen LogP contribution is 2.21. The Labute approximate surface area is 125 Å². The molecule has 1 atom stereocenters. The van der Waals surface area contributed by atoms with Gasteiger partial charge in [-0.2, -0.15) is 0 Å². The highest BCUT2D eigenvalue weighted by atomic mass is 16.4. The molecule has 0 saturated carbocycles. The van der Waals surface area contributed by atoms with Crippen LogP contribution in [0.15, 0.2) is 18.2 Å². The van der Waals surface area contributed by atoms with Crippen molar-refractivity contribution in [2.24, 2.45) is 0 Å². The third-order valence-corrected chi connectivity index (χ3v) is 3.97. The Balaban J connectivity index is 2.27. The van der Waals surface area contributed by atoms with E-state index in [4.69, 9.17) is 5.11 Å². The molecule has 0 radical (unpaired) electrons. The van der Waals surface area contributed by atoms with Gasteiger partial charge >= 0.3 is 5.97 Å². The topological polar surface area (TPSA) is 69.6 Å². The first kappa shape index (κ1) is 15.5. The second kappa shape index (κ2) is 6.72. The number of amides is 1. The van der Waals surface area contributed by atoms with Crippen molar-refractivity contribution in [1.29, 1.82) is 0 Å². The Morgan fingerprint density at radius 2 is 2.19 bits per heavy atom. The van der Waals surface area contributed by atoms with Gasteiger partial charge in [0.25, 0.3) is 5.91 Å². The van der Waals surface area contributed by atoms with Gasteiger partial charge in [0.1, 0.15) is 0 Å². The first-order chi connectivity index (χ1) is 10.0. The van der Waals surface area contributed by atoms with Crippen LogP contribution in [-0.4, -0.2) is 41.0 Å². The Morgan fingerprint density at radius 1 is 1.43 bits per heavy atom. The van der Waals surface area contributed by atoms with Gasteiger partial charge in [-0.3, -0.25) is 9.59 Å². The lowest BCUT2D eigenvalue weighted by Crippen LogP contribution is -2.40. The van der Waals surface area contributed by atoms with Crippen molar-refractivity contribution in [3.8, 4) is 0 Å². The fourth-order valence-corrected chi connectivity index (χ4v) is 2.91. The molecule has 0 fully saturated rings. The Kier molecular flexibility index (Phi) is 4.96. The predicted molar refractivity (Wildman–Crippen MR) is 80.3 cm³/mol.